The van der Waals surface area contributed by atoms with Gasteiger partial charge in [0, 0.05) is 11.9 Å². The molecule has 0 aliphatic heterocycles. The molecule has 0 atom stereocenters. The quantitative estimate of drug-likeness (QED) is 0.592. The summed E-state index contributed by atoms with van der Waals surface area (Å²) in [5.41, 5.74) is 7.70. The monoisotopic (exact) mass is 369 g/mol. The SMILES string of the molecule is COc1ccc(Nc2nccc(C(=O)Nc3ccccc3N)n2)cc1Cl. The number of amides is 1. The number of ether oxygens (including phenoxy) is 1. The number of nitrogens with zero attached hydrogens (tertiary/aromatic N) is 2. The molecule has 0 spiro atoms. The molecule has 1 amide bonds. The number of para-hydroxylation sites is 2. The number of methoxy groups -OCH3 is 1. The van der Waals surface area contributed by atoms with Crippen molar-refractivity contribution in [3.8, 4) is 5.75 Å². The molecule has 0 bridgehead atoms. The van der Waals surface area contributed by atoms with Crippen LogP contribution in [-0.4, -0.2) is 23.0 Å². The Kier molecular flexibility index (Phi) is 5.19. The van der Waals surface area contributed by atoms with Crippen LogP contribution in [0.3, 0.4) is 0 Å². The van der Waals surface area contributed by atoms with E-state index in [-0.39, 0.29) is 17.5 Å². The summed E-state index contributed by atoms with van der Waals surface area (Å²) in [5.74, 6) is 0.438. The van der Waals surface area contributed by atoms with Crippen molar-refractivity contribution in [2.45, 2.75) is 0 Å². The maximum Gasteiger partial charge on any atom is 0.274 e. The highest BCUT2D eigenvalue weighted by Gasteiger charge is 2.11. The number of aromatic nitrogens is 2. The average molecular weight is 370 g/mol. The predicted molar refractivity (Wildman–Crippen MR) is 102 cm³/mol. The van der Waals surface area contributed by atoms with E-state index in [0.717, 1.165) is 0 Å². The van der Waals surface area contributed by atoms with E-state index in [2.05, 4.69) is 20.6 Å². The topological polar surface area (TPSA) is 102 Å². The molecule has 7 nitrogen and oxygen atoms in total. The van der Waals surface area contributed by atoms with Gasteiger partial charge in [-0.1, -0.05) is 23.7 Å². The molecule has 26 heavy (non-hydrogen) atoms. The van der Waals surface area contributed by atoms with Crippen LogP contribution in [0.25, 0.3) is 0 Å². The normalized spacial score (nSPS) is 10.2. The van der Waals surface area contributed by atoms with Crippen molar-refractivity contribution in [1.82, 2.24) is 9.97 Å². The van der Waals surface area contributed by atoms with Gasteiger partial charge in [0.15, 0.2) is 0 Å². The molecule has 0 aliphatic carbocycles. The number of carbonyl (C=O) groups is 1. The van der Waals surface area contributed by atoms with Crippen LogP contribution in [-0.2, 0) is 0 Å². The fourth-order valence-corrected chi connectivity index (χ4v) is 2.47. The molecular formula is C18H16ClN5O2. The summed E-state index contributed by atoms with van der Waals surface area (Å²) >= 11 is 6.10. The molecule has 0 aliphatic rings. The minimum Gasteiger partial charge on any atom is -0.495 e. The molecule has 0 saturated carbocycles. The number of carbonyl (C=O) groups excluding carboxylic acids is 1. The molecule has 3 aromatic rings. The van der Waals surface area contributed by atoms with E-state index in [1.54, 1.807) is 49.6 Å². The summed E-state index contributed by atoms with van der Waals surface area (Å²) in [4.78, 5) is 20.7. The first-order chi connectivity index (χ1) is 12.6. The average Bonchev–Trinajstić information content (AvgIpc) is 2.64. The van der Waals surface area contributed by atoms with Gasteiger partial charge in [0.05, 0.1) is 23.5 Å². The number of nitrogens with one attached hydrogen (secondary N) is 2. The van der Waals surface area contributed by atoms with Gasteiger partial charge in [0.2, 0.25) is 5.95 Å². The van der Waals surface area contributed by atoms with Crippen molar-refractivity contribution in [3.05, 3.63) is 65.4 Å². The Bertz CT molecular complexity index is 948. The molecule has 132 valence electrons. The summed E-state index contributed by atoms with van der Waals surface area (Å²) in [5, 5.41) is 6.17. The second kappa shape index (κ2) is 7.71. The van der Waals surface area contributed by atoms with Gasteiger partial charge in [0.1, 0.15) is 11.4 Å². The number of hydrogen-bond acceptors (Lipinski definition) is 6. The molecule has 1 aromatic heterocycles. The Morgan fingerprint density at radius 3 is 2.73 bits per heavy atom. The molecule has 0 saturated heterocycles. The summed E-state index contributed by atoms with van der Waals surface area (Å²) in [7, 11) is 1.54. The first kappa shape index (κ1) is 17.5. The largest absolute Gasteiger partial charge is 0.495 e. The van der Waals surface area contributed by atoms with Crippen molar-refractivity contribution in [3.63, 3.8) is 0 Å². The minimum atomic E-state index is -0.388. The van der Waals surface area contributed by atoms with Crippen LogP contribution in [0.5, 0.6) is 5.75 Å². The van der Waals surface area contributed by atoms with Crippen molar-refractivity contribution >= 4 is 40.5 Å². The van der Waals surface area contributed by atoms with Gasteiger partial charge in [-0.2, -0.15) is 0 Å². The van der Waals surface area contributed by atoms with Gasteiger partial charge in [-0.25, -0.2) is 9.97 Å². The highest BCUT2D eigenvalue weighted by atomic mass is 35.5. The molecule has 1 heterocycles. The van der Waals surface area contributed by atoms with Crippen LogP contribution in [0.15, 0.2) is 54.7 Å². The molecular weight excluding hydrogens is 354 g/mol. The Labute approximate surface area is 155 Å². The van der Waals surface area contributed by atoms with E-state index < -0.39 is 0 Å². The third-order valence-electron chi connectivity index (χ3n) is 3.51. The summed E-state index contributed by atoms with van der Waals surface area (Å²) in [6.07, 6.45) is 1.49. The number of nitrogen functional groups attached to an aromatic ring is 1. The first-order valence-corrected chi connectivity index (χ1v) is 8.04. The second-order valence-corrected chi connectivity index (χ2v) is 5.69. The molecule has 0 unspecified atom stereocenters. The van der Waals surface area contributed by atoms with Gasteiger partial charge in [-0.15, -0.1) is 0 Å². The highest BCUT2D eigenvalue weighted by Crippen LogP contribution is 2.28. The molecule has 0 fully saturated rings. The first-order valence-electron chi connectivity index (χ1n) is 7.66. The molecule has 8 heteroatoms. The number of halogens is 1. The van der Waals surface area contributed by atoms with E-state index in [1.807, 2.05) is 0 Å². The molecule has 4 N–H and O–H groups in total. The van der Waals surface area contributed by atoms with Gasteiger partial charge in [0.25, 0.3) is 5.91 Å². The fourth-order valence-electron chi connectivity index (χ4n) is 2.22. The maximum atomic E-state index is 12.4. The third-order valence-corrected chi connectivity index (χ3v) is 3.80. The van der Waals surface area contributed by atoms with Crippen LogP contribution in [0.2, 0.25) is 5.02 Å². The smallest absolute Gasteiger partial charge is 0.274 e. The van der Waals surface area contributed by atoms with Gasteiger partial charge >= 0.3 is 0 Å². The zero-order valence-electron chi connectivity index (χ0n) is 13.9. The maximum absolute atomic E-state index is 12.4. The number of nitrogens with two attached hydrogens (primary N) is 1. The summed E-state index contributed by atoms with van der Waals surface area (Å²) < 4.78 is 5.11. The molecule has 3 rings (SSSR count). The van der Waals surface area contributed by atoms with E-state index >= 15 is 0 Å². The molecule has 2 aromatic carbocycles. The number of hydrogen-bond donors (Lipinski definition) is 3. The van der Waals surface area contributed by atoms with Crippen molar-refractivity contribution in [2.24, 2.45) is 0 Å². The van der Waals surface area contributed by atoms with Crippen LogP contribution in [0.1, 0.15) is 10.5 Å². The van der Waals surface area contributed by atoms with Gasteiger partial charge < -0.3 is 21.1 Å². The minimum absolute atomic E-state index is 0.199. The lowest BCUT2D eigenvalue weighted by atomic mass is 10.2. The van der Waals surface area contributed by atoms with Crippen LogP contribution >= 0.6 is 11.6 Å². The fraction of sp³-hybridized carbons (Fsp3) is 0.0556. The lowest BCUT2D eigenvalue weighted by molar-refractivity contribution is 0.102. The Hall–Kier alpha value is -3.32. The van der Waals surface area contributed by atoms with Gasteiger partial charge in [-0.3, -0.25) is 4.79 Å². The zero-order chi connectivity index (χ0) is 18.5. The third kappa shape index (κ3) is 4.01. The number of rotatable bonds is 5. The lowest BCUT2D eigenvalue weighted by Gasteiger charge is -2.10. The summed E-state index contributed by atoms with van der Waals surface area (Å²) in [6, 6.07) is 13.7. The van der Waals surface area contributed by atoms with E-state index in [0.29, 0.717) is 27.8 Å². The van der Waals surface area contributed by atoms with E-state index in [1.165, 1.54) is 12.3 Å². The van der Waals surface area contributed by atoms with E-state index in [4.69, 9.17) is 22.1 Å². The second-order valence-electron chi connectivity index (χ2n) is 5.28. The standard InChI is InChI=1S/C18H16ClN5O2/c1-26-16-7-6-11(10-12(16)19)22-18-21-9-8-15(24-18)17(25)23-14-5-3-2-4-13(14)20/h2-10H,20H2,1H3,(H,23,25)(H,21,22,24). The zero-order valence-corrected chi connectivity index (χ0v) is 14.6. The Balaban J connectivity index is 1.76. The Morgan fingerprint density at radius 2 is 2.00 bits per heavy atom. The number of benzene rings is 2. The van der Waals surface area contributed by atoms with Crippen LogP contribution < -0.4 is 21.1 Å². The summed E-state index contributed by atoms with van der Waals surface area (Å²) in [6.45, 7) is 0. The lowest BCUT2D eigenvalue weighted by Crippen LogP contribution is -2.15. The molecule has 0 radical (unpaired) electrons. The van der Waals surface area contributed by atoms with Crippen LogP contribution in [0, 0.1) is 0 Å². The van der Waals surface area contributed by atoms with Crippen molar-refractivity contribution < 1.29 is 9.53 Å². The van der Waals surface area contributed by atoms with Crippen molar-refractivity contribution in [1.29, 1.82) is 0 Å². The Morgan fingerprint density at radius 1 is 1.19 bits per heavy atom. The van der Waals surface area contributed by atoms with E-state index in [9.17, 15) is 4.79 Å². The predicted octanol–water partition coefficient (Wildman–Crippen LogP) is 3.72. The van der Waals surface area contributed by atoms with Crippen LogP contribution in [0.4, 0.5) is 23.0 Å². The van der Waals surface area contributed by atoms with Crippen molar-refractivity contribution in [2.75, 3.05) is 23.5 Å². The highest BCUT2D eigenvalue weighted by molar-refractivity contribution is 6.32. The number of anilines is 4. The van der Waals surface area contributed by atoms with Gasteiger partial charge in [-0.05, 0) is 36.4 Å².